The molecule has 0 aliphatic rings. The summed E-state index contributed by atoms with van der Waals surface area (Å²) in [4.78, 5) is 32.7. The van der Waals surface area contributed by atoms with E-state index in [4.69, 9.17) is 5.73 Å². The highest BCUT2D eigenvalue weighted by Gasteiger charge is 2.20. The summed E-state index contributed by atoms with van der Waals surface area (Å²) in [5, 5.41) is 19.0. The summed E-state index contributed by atoms with van der Waals surface area (Å²) in [5.41, 5.74) is 6.10. The van der Waals surface area contributed by atoms with Gasteiger partial charge in [0.2, 0.25) is 0 Å². The Morgan fingerprint density at radius 1 is 0.912 bits per heavy atom. The highest BCUT2D eigenvalue weighted by atomic mass is 17.2. The van der Waals surface area contributed by atoms with E-state index in [1.165, 1.54) is 37.8 Å². The molecule has 190 valence electrons. The number of nitrogens with two attached hydrogens (primary N) is 1. The van der Waals surface area contributed by atoms with E-state index in [1.54, 1.807) is 0 Å². The smallest absolute Gasteiger partial charge is 0.372 e. The van der Waals surface area contributed by atoms with Gasteiger partial charge in [-0.05, 0) is 50.2 Å². The van der Waals surface area contributed by atoms with Gasteiger partial charge in [-0.25, -0.2) is 19.4 Å². The Labute approximate surface area is 203 Å². The van der Waals surface area contributed by atoms with Crippen LogP contribution in [0.4, 0.5) is 0 Å². The van der Waals surface area contributed by atoms with Gasteiger partial charge in [-0.1, -0.05) is 69.4 Å². The summed E-state index contributed by atoms with van der Waals surface area (Å²) in [6, 6.07) is 2.87. The van der Waals surface area contributed by atoms with E-state index in [0.717, 1.165) is 44.6 Å². The zero-order chi connectivity index (χ0) is 25.0. The Balaban J connectivity index is 2.02. The first-order valence-electron chi connectivity index (χ1n) is 12.4. The molecule has 4 N–H and O–H groups in total. The number of phenolic OH excluding ortho intramolecular Hbond substituents is 2. The van der Waals surface area contributed by atoms with Crippen LogP contribution in [0.5, 0.6) is 11.5 Å². The van der Waals surface area contributed by atoms with Crippen molar-refractivity contribution in [2.45, 2.75) is 96.4 Å². The summed E-state index contributed by atoms with van der Waals surface area (Å²) < 4.78 is 0. The van der Waals surface area contributed by atoms with Gasteiger partial charge in [-0.2, -0.15) is 0 Å². The van der Waals surface area contributed by atoms with E-state index in [2.05, 4.69) is 41.0 Å². The maximum atomic E-state index is 11.9. The van der Waals surface area contributed by atoms with Crippen LogP contribution in [0.2, 0.25) is 0 Å². The molecule has 0 heterocycles. The van der Waals surface area contributed by atoms with Crippen molar-refractivity contribution in [3.63, 3.8) is 0 Å². The molecule has 0 fully saturated rings. The molecule has 1 aromatic rings. The van der Waals surface area contributed by atoms with E-state index in [-0.39, 0.29) is 24.3 Å². The fourth-order valence-corrected chi connectivity index (χ4v) is 3.32. The maximum Gasteiger partial charge on any atom is 0.372 e. The van der Waals surface area contributed by atoms with Crippen molar-refractivity contribution in [3.05, 3.63) is 48.1 Å². The largest absolute Gasteiger partial charge is 0.508 e. The Morgan fingerprint density at radius 3 is 2.24 bits per heavy atom. The van der Waals surface area contributed by atoms with E-state index in [0.29, 0.717) is 12.0 Å². The number of hydrogen-bond acceptors (Lipinski definition) is 7. The van der Waals surface area contributed by atoms with Gasteiger partial charge in [0.05, 0.1) is 6.42 Å². The lowest BCUT2D eigenvalue weighted by molar-refractivity contribution is -0.260. The first-order valence-corrected chi connectivity index (χ1v) is 12.4. The normalized spacial score (nSPS) is 12.3. The third-order valence-electron chi connectivity index (χ3n) is 5.36. The molecule has 0 aromatic heterocycles. The SMILES string of the molecule is CCCCC/C=C\C/C=C\CCCCCCCC(=O)OOC(=O)C(N)Cc1ccc(O)cc1O. The molecular formula is C27H41NO6. The minimum atomic E-state index is -1.11. The van der Waals surface area contributed by atoms with Crippen LogP contribution >= 0.6 is 0 Å². The maximum absolute atomic E-state index is 11.9. The van der Waals surface area contributed by atoms with Crippen molar-refractivity contribution in [1.82, 2.24) is 0 Å². The molecule has 1 unspecified atom stereocenters. The molecule has 1 rings (SSSR count). The summed E-state index contributed by atoms with van der Waals surface area (Å²) in [6.45, 7) is 2.22. The Kier molecular flexibility index (Phi) is 16.0. The van der Waals surface area contributed by atoms with Gasteiger partial charge in [-0.3, -0.25) is 0 Å². The number of phenols is 2. The molecule has 0 saturated heterocycles. The lowest BCUT2D eigenvalue weighted by Gasteiger charge is -2.11. The number of unbranched alkanes of at least 4 members (excludes halogenated alkanes) is 8. The number of hydrogen-bond donors (Lipinski definition) is 3. The van der Waals surface area contributed by atoms with Crippen LogP contribution < -0.4 is 5.73 Å². The second-order valence-corrected chi connectivity index (χ2v) is 8.46. The average Bonchev–Trinajstić information content (AvgIpc) is 2.81. The molecule has 1 atom stereocenters. The Bertz CT molecular complexity index is 774. The van der Waals surface area contributed by atoms with Gasteiger partial charge in [-0.15, -0.1) is 0 Å². The zero-order valence-corrected chi connectivity index (χ0v) is 20.4. The average molecular weight is 476 g/mol. The predicted octanol–water partition coefficient (Wildman–Crippen LogP) is 5.78. The summed E-state index contributed by atoms with van der Waals surface area (Å²) >= 11 is 0. The summed E-state index contributed by atoms with van der Waals surface area (Å²) in [6.07, 6.45) is 21.1. The summed E-state index contributed by atoms with van der Waals surface area (Å²) in [5.74, 6) is -1.79. The number of aromatic hydroxyl groups is 2. The van der Waals surface area contributed by atoms with Crippen LogP contribution in [0.1, 0.15) is 89.5 Å². The van der Waals surface area contributed by atoms with Crippen LogP contribution in [0.15, 0.2) is 42.5 Å². The van der Waals surface area contributed by atoms with Crippen LogP contribution in [0.25, 0.3) is 0 Å². The number of rotatable bonds is 17. The molecule has 0 radical (unpaired) electrons. The Hall–Kier alpha value is -2.80. The third kappa shape index (κ3) is 14.4. The van der Waals surface area contributed by atoms with E-state index in [1.807, 2.05) is 0 Å². The number of carbonyl (C=O) groups is 2. The van der Waals surface area contributed by atoms with Crippen molar-refractivity contribution in [3.8, 4) is 11.5 Å². The van der Waals surface area contributed by atoms with Gasteiger partial charge in [0.1, 0.15) is 17.5 Å². The van der Waals surface area contributed by atoms with Crippen LogP contribution in [-0.2, 0) is 25.8 Å². The molecule has 0 spiro atoms. The van der Waals surface area contributed by atoms with Crippen LogP contribution in [0, 0.1) is 0 Å². The zero-order valence-electron chi connectivity index (χ0n) is 20.4. The molecule has 0 bridgehead atoms. The predicted molar refractivity (Wildman–Crippen MR) is 133 cm³/mol. The topological polar surface area (TPSA) is 119 Å². The van der Waals surface area contributed by atoms with Crippen LogP contribution in [-0.4, -0.2) is 28.2 Å². The van der Waals surface area contributed by atoms with Crippen molar-refractivity contribution < 1.29 is 29.6 Å². The number of benzene rings is 1. The molecule has 0 amide bonds. The van der Waals surface area contributed by atoms with E-state index in [9.17, 15) is 19.8 Å². The van der Waals surface area contributed by atoms with Crippen molar-refractivity contribution >= 4 is 11.9 Å². The Morgan fingerprint density at radius 2 is 1.56 bits per heavy atom. The lowest BCUT2D eigenvalue weighted by atomic mass is 10.1. The minimum Gasteiger partial charge on any atom is -0.508 e. The fraction of sp³-hybridized carbons (Fsp3) is 0.556. The first-order chi connectivity index (χ1) is 16.4. The lowest BCUT2D eigenvalue weighted by Crippen LogP contribution is -2.34. The molecule has 0 saturated carbocycles. The highest BCUT2D eigenvalue weighted by molar-refractivity contribution is 5.77. The van der Waals surface area contributed by atoms with Crippen molar-refractivity contribution in [2.75, 3.05) is 0 Å². The van der Waals surface area contributed by atoms with Crippen molar-refractivity contribution in [1.29, 1.82) is 0 Å². The summed E-state index contributed by atoms with van der Waals surface area (Å²) in [7, 11) is 0. The number of allylic oxidation sites excluding steroid dienone is 4. The second kappa shape index (κ2) is 18.6. The molecule has 7 heteroatoms. The fourth-order valence-electron chi connectivity index (χ4n) is 3.32. The molecule has 7 nitrogen and oxygen atoms in total. The monoisotopic (exact) mass is 475 g/mol. The molecule has 34 heavy (non-hydrogen) atoms. The second-order valence-electron chi connectivity index (χ2n) is 8.46. The quantitative estimate of drug-likeness (QED) is 0.113. The van der Waals surface area contributed by atoms with E-state index >= 15 is 0 Å². The molecule has 0 aliphatic heterocycles. The molecule has 0 aliphatic carbocycles. The van der Waals surface area contributed by atoms with E-state index < -0.39 is 18.0 Å². The van der Waals surface area contributed by atoms with Gasteiger partial charge < -0.3 is 15.9 Å². The van der Waals surface area contributed by atoms with Crippen LogP contribution in [0.3, 0.4) is 0 Å². The van der Waals surface area contributed by atoms with Gasteiger partial charge >= 0.3 is 11.9 Å². The third-order valence-corrected chi connectivity index (χ3v) is 5.36. The minimum absolute atomic E-state index is 0.0204. The van der Waals surface area contributed by atoms with Gasteiger partial charge in [0.25, 0.3) is 0 Å². The molecular weight excluding hydrogens is 434 g/mol. The number of carbonyl (C=O) groups excluding carboxylic acids is 2. The molecule has 1 aromatic carbocycles. The first kappa shape index (κ1) is 29.2. The standard InChI is InChI=1S/C27H41NO6/c1-2-3-4-5-6-7-8-9-10-11-12-13-14-15-16-17-26(31)33-34-27(32)24(28)20-22-18-19-23(29)21-25(22)30/h6-7,9-10,18-19,21,24,29-30H,2-5,8,11-17,20,28H2,1H3/b7-6-,10-9-. The van der Waals surface area contributed by atoms with Crippen molar-refractivity contribution in [2.24, 2.45) is 5.73 Å². The highest BCUT2D eigenvalue weighted by Crippen LogP contribution is 2.23. The van der Waals surface area contributed by atoms with Gasteiger partial charge in [0, 0.05) is 12.5 Å². The van der Waals surface area contributed by atoms with Gasteiger partial charge in [0.15, 0.2) is 0 Å².